The smallest absolute Gasteiger partial charge is 0.256 e. The van der Waals surface area contributed by atoms with E-state index in [1.165, 1.54) is 0 Å². The molecule has 0 bridgehead atoms. The molecule has 0 spiro atoms. The van der Waals surface area contributed by atoms with E-state index in [1.54, 1.807) is 18.2 Å². The molecule has 164 valence electrons. The molecule has 3 aromatic carbocycles. The number of ether oxygens (including phenoxy) is 2. The zero-order valence-electron chi connectivity index (χ0n) is 18.0. The Bertz CT molecular complexity index is 1110. The van der Waals surface area contributed by atoms with Crippen LogP contribution in [0.1, 0.15) is 34.3 Å². The molecule has 0 saturated carbocycles. The Morgan fingerprint density at radius 3 is 2.47 bits per heavy atom. The van der Waals surface area contributed by atoms with Crippen LogP contribution in [-0.4, -0.2) is 25.0 Å². The summed E-state index contributed by atoms with van der Waals surface area (Å²) < 4.78 is 11.4. The van der Waals surface area contributed by atoms with E-state index in [0.29, 0.717) is 37.3 Å². The number of para-hydroxylation sites is 1. The molecule has 3 aromatic rings. The molecule has 32 heavy (non-hydrogen) atoms. The maximum absolute atomic E-state index is 12.7. The molecule has 2 N–H and O–H groups in total. The van der Waals surface area contributed by atoms with Gasteiger partial charge < -0.3 is 20.1 Å². The third-order valence-corrected chi connectivity index (χ3v) is 5.34. The summed E-state index contributed by atoms with van der Waals surface area (Å²) in [4.78, 5) is 25.3. The monoisotopic (exact) mass is 430 g/mol. The number of rotatable bonds is 6. The molecule has 0 atom stereocenters. The van der Waals surface area contributed by atoms with Gasteiger partial charge in [-0.25, -0.2) is 0 Å². The van der Waals surface area contributed by atoms with Crippen molar-refractivity contribution in [3.8, 4) is 11.5 Å². The first-order valence-electron chi connectivity index (χ1n) is 10.7. The summed E-state index contributed by atoms with van der Waals surface area (Å²) in [5.74, 6) is 1.16. The number of carbonyl (C=O) groups excluding carboxylic acids is 2. The van der Waals surface area contributed by atoms with Crippen molar-refractivity contribution in [1.82, 2.24) is 0 Å². The quantitative estimate of drug-likeness (QED) is 0.578. The highest BCUT2D eigenvalue weighted by Crippen LogP contribution is 2.31. The lowest BCUT2D eigenvalue weighted by Crippen LogP contribution is -2.17. The van der Waals surface area contributed by atoms with Gasteiger partial charge in [-0.05, 0) is 60.9 Å². The van der Waals surface area contributed by atoms with E-state index in [4.69, 9.17) is 9.47 Å². The number of anilines is 2. The summed E-state index contributed by atoms with van der Waals surface area (Å²) in [5.41, 5.74) is 3.62. The van der Waals surface area contributed by atoms with E-state index >= 15 is 0 Å². The largest absolute Gasteiger partial charge is 0.490 e. The lowest BCUT2D eigenvalue weighted by Gasteiger charge is -2.13. The minimum absolute atomic E-state index is 0.110. The number of hydrogen-bond acceptors (Lipinski definition) is 4. The molecular formula is C26H26N2O4. The van der Waals surface area contributed by atoms with Crippen molar-refractivity contribution in [2.24, 2.45) is 0 Å². The van der Waals surface area contributed by atoms with Gasteiger partial charge in [-0.1, -0.05) is 30.3 Å². The molecule has 1 aliphatic rings. The van der Waals surface area contributed by atoms with Crippen molar-refractivity contribution in [1.29, 1.82) is 0 Å². The summed E-state index contributed by atoms with van der Waals surface area (Å²) in [6.07, 6.45) is 1.75. The number of aryl methyl sites for hydroxylation is 1. The topological polar surface area (TPSA) is 76.7 Å². The minimum atomic E-state index is -0.211. The van der Waals surface area contributed by atoms with Crippen molar-refractivity contribution in [2.75, 3.05) is 23.8 Å². The highest BCUT2D eigenvalue weighted by atomic mass is 16.5. The Hall–Kier alpha value is -3.80. The first-order valence-corrected chi connectivity index (χ1v) is 10.7. The molecule has 6 heteroatoms. The molecule has 0 radical (unpaired) electrons. The van der Waals surface area contributed by atoms with Crippen LogP contribution in [-0.2, 0) is 11.2 Å². The van der Waals surface area contributed by atoms with Crippen molar-refractivity contribution in [3.05, 3.63) is 83.4 Å². The van der Waals surface area contributed by atoms with E-state index in [-0.39, 0.29) is 11.8 Å². The summed E-state index contributed by atoms with van der Waals surface area (Å²) >= 11 is 0. The zero-order valence-corrected chi connectivity index (χ0v) is 18.0. The van der Waals surface area contributed by atoms with Crippen LogP contribution >= 0.6 is 0 Å². The van der Waals surface area contributed by atoms with Crippen LogP contribution in [0.15, 0.2) is 66.7 Å². The van der Waals surface area contributed by atoms with E-state index in [0.717, 1.165) is 34.7 Å². The van der Waals surface area contributed by atoms with Crippen molar-refractivity contribution >= 4 is 23.2 Å². The average molecular weight is 431 g/mol. The van der Waals surface area contributed by atoms with Crippen LogP contribution in [0.5, 0.6) is 11.5 Å². The SMILES string of the molecule is Cc1c(NC(=O)CCc2ccc3c(c2)OCCCO3)cccc1C(=O)Nc1ccccc1. The zero-order chi connectivity index (χ0) is 22.3. The number of fused-ring (bicyclic) bond motifs is 1. The number of hydrogen-bond donors (Lipinski definition) is 2. The first-order chi connectivity index (χ1) is 15.6. The van der Waals surface area contributed by atoms with Crippen LogP contribution in [0.4, 0.5) is 11.4 Å². The molecule has 0 fully saturated rings. The molecule has 1 heterocycles. The van der Waals surface area contributed by atoms with E-state index in [1.807, 2.05) is 55.5 Å². The second kappa shape index (κ2) is 10.0. The Morgan fingerprint density at radius 2 is 1.66 bits per heavy atom. The lowest BCUT2D eigenvalue weighted by molar-refractivity contribution is -0.116. The normalized spacial score (nSPS) is 12.5. The Morgan fingerprint density at radius 1 is 0.875 bits per heavy atom. The summed E-state index contributed by atoms with van der Waals surface area (Å²) in [5, 5.41) is 5.82. The standard InChI is InChI=1S/C26H26N2O4/c1-18-21(26(30)27-20-7-3-2-4-8-20)9-5-10-22(18)28-25(29)14-12-19-11-13-23-24(17-19)32-16-6-15-31-23/h2-5,7-11,13,17H,6,12,14-16H2,1H3,(H,27,30)(H,28,29). The van der Waals surface area contributed by atoms with Gasteiger partial charge >= 0.3 is 0 Å². The van der Waals surface area contributed by atoms with Crippen molar-refractivity contribution in [3.63, 3.8) is 0 Å². The Kier molecular flexibility index (Phi) is 6.70. The fraction of sp³-hybridized carbons (Fsp3) is 0.231. The minimum Gasteiger partial charge on any atom is -0.490 e. The molecule has 0 aromatic heterocycles. The second-order valence-electron chi connectivity index (χ2n) is 7.68. The molecule has 0 unspecified atom stereocenters. The van der Waals surface area contributed by atoms with Gasteiger partial charge in [-0.15, -0.1) is 0 Å². The lowest BCUT2D eigenvalue weighted by atomic mass is 10.0. The molecule has 1 aliphatic heterocycles. The van der Waals surface area contributed by atoms with Crippen molar-refractivity contribution < 1.29 is 19.1 Å². The fourth-order valence-corrected chi connectivity index (χ4v) is 3.57. The highest BCUT2D eigenvalue weighted by Gasteiger charge is 2.15. The van der Waals surface area contributed by atoms with Crippen LogP contribution in [0, 0.1) is 6.92 Å². The van der Waals surface area contributed by atoms with Crippen LogP contribution < -0.4 is 20.1 Å². The maximum atomic E-state index is 12.7. The molecular weight excluding hydrogens is 404 g/mol. The molecule has 4 rings (SSSR count). The third kappa shape index (κ3) is 5.27. The van der Waals surface area contributed by atoms with Gasteiger partial charge in [0, 0.05) is 29.8 Å². The number of nitrogens with one attached hydrogen (secondary N) is 2. The van der Waals surface area contributed by atoms with E-state index in [2.05, 4.69) is 10.6 Å². The maximum Gasteiger partial charge on any atom is 0.256 e. The summed E-state index contributed by atoms with van der Waals surface area (Å²) in [6.45, 7) is 3.11. The van der Waals surface area contributed by atoms with Crippen LogP contribution in [0.3, 0.4) is 0 Å². The Labute approximate surface area is 187 Å². The van der Waals surface area contributed by atoms with Crippen LogP contribution in [0.2, 0.25) is 0 Å². The average Bonchev–Trinajstić information content (AvgIpc) is 3.05. The van der Waals surface area contributed by atoms with Crippen molar-refractivity contribution in [2.45, 2.75) is 26.2 Å². The van der Waals surface area contributed by atoms with Crippen LogP contribution in [0.25, 0.3) is 0 Å². The third-order valence-electron chi connectivity index (χ3n) is 5.34. The molecule has 0 aliphatic carbocycles. The summed E-state index contributed by atoms with van der Waals surface area (Å²) in [7, 11) is 0. The van der Waals surface area contributed by atoms with Gasteiger partial charge in [-0.3, -0.25) is 9.59 Å². The van der Waals surface area contributed by atoms with Gasteiger partial charge in [0.15, 0.2) is 11.5 Å². The van der Waals surface area contributed by atoms with E-state index < -0.39 is 0 Å². The molecule has 0 saturated heterocycles. The molecule has 6 nitrogen and oxygen atoms in total. The predicted molar refractivity (Wildman–Crippen MR) is 125 cm³/mol. The number of carbonyl (C=O) groups is 2. The highest BCUT2D eigenvalue weighted by molar-refractivity contribution is 6.06. The van der Waals surface area contributed by atoms with Gasteiger partial charge in [-0.2, -0.15) is 0 Å². The molecule has 2 amide bonds. The second-order valence-corrected chi connectivity index (χ2v) is 7.68. The van der Waals surface area contributed by atoms with Gasteiger partial charge in [0.05, 0.1) is 13.2 Å². The first kappa shape index (κ1) is 21.4. The van der Waals surface area contributed by atoms with Gasteiger partial charge in [0.2, 0.25) is 5.91 Å². The van der Waals surface area contributed by atoms with E-state index in [9.17, 15) is 9.59 Å². The Balaban J connectivity index is 1.38. The predicted octanol–water partition coefficient (Wildman–Crippen LogP) is 4.98. The van der Waals surface area contributed by atoms with Gasteiger partial charge in [0.1, 0.15) is 0 Å². The summed E-state index contributed by atoms with van der Waals surface area (Å²) in [6, 6.07) is 20.4. The number of benzene rings is 3. The number of amides is 2. The fourth-order valence-electron chi connectivity index (χ4n) is 3.57. The van der Waals surface area contributed by atoms with Gasteiger partial charge in [0.25, 0.3) is 5.91 Å².